The maximum absolute atomic E-state index is 12.4. The fourth-order valence-electron chi connectivity index (χ4n) is 3.22. The lowest BCUT2D eigenvalue weighted by atomic mass is 9.90. The number of nitrogens with one attached hydrogen (secondary N) is 1. The molecule has 0 atom stereocenters. The maximum Gasteiger partial charge on any atom is 0.323 e. The van der Waals surface area contributed by atoms with E-state index < -0.39 is 18.1 Å². The average molecular weight is 355 g/mol. The molecule has 1 fully saturated rings. The van der Waals surface area contributed by atoms with E-state index in [0.29, 0.717) is 24.7 Å². The normalized spacial score (nSPS) is 14.8. The Labute approximate surface area is 150 Å². The van der Waals surface area contributed by atoms with Crippen LogP contribution >= 0.6 is 0 Å². The van der Waals surface area contributed by atoms with Gasteiger partial charge in [0, 0.05) is 25.4 Å². The third kappa shape index (κ3) is 4.30. The van der Waals surface area contributed by atoms with Gasteiger partial charge in [0.15, 0.2) is 0 Å². The summed E-state index contributed by atoms with van der Waals surface area (Å²) in [4.78, 5) is 36.6. The molecule has 2 amide bonds. The zero-order chi connectivity index (χ0) is 18.5. The Morgan fingerprint density at radius 1 is 1.08 bits per heavy atom. The molecule has 0 saturated carbocycles. The van der Waals surface area contributed by atoms with Crippen molar-refractivity contribution in [2.45, 2.75) is 25.3 Å². The summed E-state index contributed by atoms with van der Waals surface area (Å²) in [6.07, 6.45) is 3.15. The van der Waals surface area contributed by atoms with E-state index in [1.807, 2.05) is 18.2 Å². The summed E-state index contributed by atoms with van der Waals surface area (Å²) >= 11 is 0. The van der Waals surface area contributed by atoms with Crippen molar-refractivity contribution in [3.8, 4) is 0 Å². The number of piperidine rings is 1. The number of urea groups is 1. The van der Waals surface area contributed by atoms with Gasteiger partial charge in [0.2, 0.25) is 0 Å². The van der Waals surface area contributed by atoms with Gasteiger partial charge in [-0.2, -0.15) is 0 Å². The van der Waals surface area contributed by atoms with E-state index in [-0.39, 0.29) is 6.03 Å². The van der Waals surface area contributed by atoms with E-state index in [1.165, 1.54) is 23.9 Å². The Morgan fingerprint density at radius 2 is 1.77 bits per heavy atom. The highest BCUT2D eigenvalue weighted by molar-refractivity contribution is 5.89. The average Bonchev–Trinajstić information content (AvgIpc) is 2.65. The smallest absolute Gasteiger partial charge is 0.323 e. The number of amides is 2. The van der Waals surface area contributed by atoms with Gasteiger partial charge in [-0.05, 0) is 30.4 Å². The predicted octanol–water partition coefficient (Wildman–Crippen LogP) is 2.34. The summed E-state index contributed by atoms with van der Waals surface area (Å²) < 4.78 is 1.06. The van der Waals surface area contributed by atoms with Crippen LogP contribution in [0.2, 0.25) is 0 Å². The highest BCUT2D eigenvalue weighted by Gasteiger charge is 2.23. The highest BCUT2D eigenvalue weighted by Crippen LogP contribution is 2.27. The number of aliphatic carboxylic acids is 1. The Bertz CT molecular complexity index is 839. The number of benzene rings is 1. The monoisotopic (exact) mass is 355 g/mol. The molecule has 0 spiro atoms. The lowest BCUT2D eigenvalue weighted by Gasteiger charge is -2.32. The van der Waals surface area contributed by atoms with Crippen LogP contribution < -0.4 is 10.9 Å². The van der Waals surface area contributed by atoms with Gasteiger partial charge in [0.1, 0.15) is 6.54 Å². The first-order chi connectivity index (χ1) is 12.5. The summed E-state index contributed by atoms with van der Waals surface area (Å²) in [5, 5.41) is 11.6. The lowest BCUT2D eigenvalue weighted by molar-refractivity contribution is -0.137. The van der Waals surface area contributed by atoms with Crippen LogP contribution in [-0.2, 0) is 11.3 Å². The van der Waals surface area contributed by atoms with Crippen LogP contribution in [-0.4, -0.2) is 39.7 Å². The Kier molecular flexibility index (Phi) is 5.36. The number of pyridine rings is 1. The number of aromatic nitrogens is 1. The number of hydrogen-bond donors (Lipinski definition) is 2. The van der Waals surface area contributed by atoms with E-state index in [2.05, 4.69) is 17.4 Å². The first kappa shape index (κ1) is 17.7. The van der Waals surface area contributed by atoms with Crippen molar-refractivity contribution in [1.29, 1.82) is 0 Å². The van der Waals surface area contributed by atoms with Crippen molar-refractivity contribution in [2.75, 3.05) is 18.4 Å². The molecule has 0 radical (unpaired) electrons. The molecule has 7 heteroatoms. The molecule has 0 aliphatic carbocycles. The molecular weight excluding hydrogens is 334 g/mol. The zero-order valence-corrected chi connectivity index (χ0v) is 14.3. The van der Waals surface area contributed by atoms with Crippen LogP contribution in [0, 0.1) is 0 Å². The summed E-state index contributed by atoms with van der Waals surface area (Å²) in [6.45, 7) is 0.866. The van der Waals surface area contributed by atoms with Gasteiger partial charge in [0.05, 0.1) is 5.69 Å². The van der Waals surface area contributed by atoms with Crippen molar-refractivity contribution in [3.05, 3.63) is 64.6 Å². The van der Waals surface area contributed by atoms with Gasteiger partial charge in [-0.25, -0.2) is 4.79 Å². The number of carbonyl (C=O) groups is 2. The third-order valence-corrected chi connectivity index (χ3v) is 4.59. The molecule has 2 N–H and O–H groups in total. The quantitative estimate of drug-likeness (QED) is 0.881. The number of nitrogens with zero attached hydrogens (tertiary/aromatic N) is 2. The largest absolute Gasteiger partial charge is 0.480 e. The van der Waals surface area contributed by atoms with E-state index in [4.69, 9.17) is 5.11 Å². The molecular formula is C19H21N3O4. The van der Waals surface area contributed by atoms with Gasteiger partial charge in [0.25, 0.3) is 5.56 Å². The lowest BCUT2D eigenvalue weighted by Crippen LogP contribution is -2.40. The van der Waals surface area contributed by atoms with Crippen molar-refractivity contribution < 1.29 is 14.7 Å². The van der Waals surface area contributed by atoms with Crippen LogP contribution in [0.3, 0.4) is 0 Å². The second-order valence-electron chi connectivity index (χ2n) is 6.38. The Balaban J connectivity index is 1.59. The summed E-state index contributed by atoms with van der Waals surface area (Å²) in [6, 6.07) is 12.8. The molecule has 3 rings (SSSR count). The summed E-state index contributed by atoms with van der Waals surface area (Å²) in [5.41, 5.74) is 1.28. The topological polar surface area (TPSA) is 91.6 Å². The molecule has 2 aromatic rings. The molecule has 1 aliphatic heterocycles. The van der Waals surface area contributed by atoms with Crippen LogP contribution in [0.15, 0.2) is 53.5 Å². The molecule has 2 heterocycles. The molecule has 1 saturated heterocycles. The van der Waals surface area contributed by atoms with Gasteiger partial charge in [-0.15, -0.1) is 0 Å². The molecule has 1 aromatic carbocycles. The predicted molar refractivity (Wildman–Crippen MR) is 97.3 cm³/mol. The molecule has 1 aliphatic rings. The molecule has 7 nitrogen and oxygen atoms in total. The second-order valence-corrected chi connectivity index (χ2v) is 6.38. The minimum atomic E-state index is -1.11. The fraction of sp³-hybridized carbons (Fsp3) is 0.316. The minimum Gasteiger partial charge on any atom is -0.480 e. The van der Waals surface area contributed by atoms with Gasteiger partial charge >= 0.3 is 12.0 Å². The molecule has 0 unspecified atom stereocenters. The summed E-state index contributed by atoms with van der Waals surface area (Å²) in [5.74, 6) is -0.656. The number of likely N-dealkylation sites (tertiary alicyclic amines) is 1. The van der Waals surface area contributed by atoms with Gasteiger partial charge < -0.3 is 19.9 Å². The van der Waals surface area contributed by atoms with Crippen LogP contribution in [0.5, 0.6) is 0 Å². The second kappa shape index (κ2) is 7.86. The van der Waals surface area contributed by atoms with Gasteiger partial charge in [-0.3, -0.25) is 9.59 Å². The van der Waals surface area contributed by atoms with Crippen LogP contribution in [0.4, 0.5) is 10.5 Å². The number of hydrogen-bond acceptors (Lipinski definition) is 3. The molecule has 26 heavy (non-hydrogen) atoms. The first-order valence-electron chi connectivity index (χ1n) is 8.56. The number of carbonyl (C=O) groups excluding carboxylic acids is 1. The molecule has 0 bridgehead atoms. The fourth-order valence-corrected chi connectivity index (χ4v) is 3.22. The number of carboxylic acid groups (broad SMARTS) is 1. The molecule has 136 valence electrons. The van der Waals surface area contributed by atoms with Crippen LogP contribution in [0.1, 0.15) is 24.3 Å². The van der Waals surface area contributed by atoms with Crippen molar-refractivity contribution in [1.82, 2.24) is 9.47 Å². The third-order valence-electron chi connectivity index (χ3n) is 4.59. The Morgan fingerprint density at radius 3 is 2.42 bits per heavy atom. The Hall–Kier alpha value is -3.09. The van der Waals surface area contributed by atoms with Gasteiger partial charge in [-0.1, -0.05) is 30.3 Å². The highest BCUT2D eigenvalue weighted by atomic mass is 16.4. The molecule has 1 aromatic heterocycles. The van der Waals surface area contributed by atoms with Crippen molar-refractivity contribution in [3.63, 3.8) is 0 Å². The summed E-state index contributed by atoms with van der Waals surface area (Å²) in [7, 11) is 0. The number of rotatable bonds is 4. The van der Waals surface area contributed by atoms with E-state index in [0.717, 1.165) is 17.4 Å². The number of carboxylic acids is 1. The standard InChI is InChI=1S/C19H21N3O4/c23-17-7-6-16(12-22(17)13-18(24)25)20-19(26)21-10-8-15(9-11-21)14-4-2-1-3-5-14/h1-7,12,15H,8-11,13H2,(H,20,26)(H,24,25). The van der Waals surface area contributed by atoms with E-state index in [9.17, 15) is 14.4 Å². The first-order valence-corrected chi connectivity index (χ1v) is 8.56. The number of anilines is 1. The minimum absolute atomic E-state index is 0.239. The van der Waals surface area contributed by atoms with Crippen molar-refractivity contribution >= 4 is 17.7 Å². The van der Waals surface area contributed by atoms with Crippen molar-refractivity contribution in [2.24, 2.45) is 0 Å². The maximum atomic E-state index is 12.4. The van der Waals surface area contributed by atoms with E-state index in [1.54, 1.807) is 4.90 Å². The zero-order valence-electron chi connectivity index (χ0n) is 14.3. The van der Waals surface area contributed by atoms with Crippen LogP contribution in [0.25, 0.3) is 0 Å². The van der Waals surface area contributed by atoms with E-state index >= 15 is 0 Å². The SMILES string of the molecule is O=C(O)Cn1cc(NC(=O)N2CCC(c3ccccc3)CC2)ccc1=O.